The lowest BCUT2D eigenvalue weighted by atomic mass is 9.95. The average molecular weight is 271 g/mol. The number of halogens is 1. The molecule has 2 aromatic rings. The summed E-state index contributed by atoms with van der Waals surface area (Å²) in [6, 6.07) is 15.7. The van der Waals surface area contributed by atoms with E-state index in [1.165, 1.54) is 17.2 Å². The van der Waals surface area contributed by atoms with Gasteiger partial charge in [-0.3, -0.25) is 0 Å². The molecule has 2 rings (SSSR count). The fraction of sp³-hybridized carbons (Fsp3) is 0.333. The highest BCUT2D eigenvalue weighted by molar-refractivity contribution is 5.29. The Labute approximate surface area is 120 Å². The Morgan fingerprint density at radius 3 is 2.10 bits per heavy atom. The summed E-state index contributed by atoms with van der Waals surface area (Å²) in [5.74, 6) is 0.398. The zero-order valence-electron chi connectivity index (χ0n) is 12.4. The third-order valence-corrected chi connectivity index (χ3v) is 3.74. The Bertz CT molecular complexity index is 546. The molecule has 106 valence electrons. The van der Waals surface area contributed by atoms with E-state index in [2.05, 4.69) is 43.4 Å². The molecule has 0 radical (unpaired) electrons. The van der Waals surface area contributed by atoms with Gasteiger partial charge < -0.3 is 5.32 Å². The second-order valence-corrected chi connectivity index (χ2v) is 5.46. The van der Waals surface area contributed by atoms with E-state index in [1.807, 2.05) is 19.2 Å². The molecule has 1 unspecified atom stereocenters. The van der Waals surface area contributed by atoms with Crippen LogP contribution in [0.25, 0.3) is 0 Å². The molecule has 0 spiro atoms. The summed E-state index contributed by atoms with van der Waals surface area (Å²) in [6.07, 6.45) is 0.657. The molecule has 0 saturated heterocycles. The van der Waals surface area contributed by atoms with Crippen LogP contribution in [0.15, 0.2) is 48.5 Å². The number of rotatable bonds is 5. The SMILES string of the molecule is CNC(Cc1ccccc1F)c1ccc(C(C)C)cc1. The van der Waals surface area contributed by atoms with Gasteiger partial charge in [0.05, 0.1) is 0 Å². The van der Waals surface area contributed by atoms with Crippen molar-refractivity contribution >= 4 is 0 Å². The van der Waals surface area contributed by atoms with Gasteiger partial charge in [-0.25, -0.2) is 4.39 Å². The van der Waals surface area contributed by atoms with E-state index in [-0.39, 0.29) is 11.9 Å². The van der Waals surface area contributed by atoms with Crippen molar-refractivity contribution in [3.05, 3.63) is 71.0 Å². The van der Waals surface area contributed by atoms with Crippen molar-refractivity contribution in [2.24, 2.45) is 0 Å². The predicted octanol–water partition coefficient (Wildman–Crippen LogP) is 4.45. The van der Waals surface area contributed by atoms with E-state index < -0.39 is 0 Å². The third kappa shape index (κ3) is 3.45. The van der Waals surface area contributed by atoms with Gasteiger partial charge >= 0.3 is 0 Å². The molecule has 0 amide bonds. The minimum Gasteiger partial charge on any atom is -0.313 e. The Kier molecular flexibility index (Phi) is 4.91. The molecule has 0 aliphatic heterocycles. The van der Waals surface area contributed by atoms with Crippen LogP contribution in [0.5, 0.6) is 0 Å². The fourth-order valence-corrected chi connectivity index (χ4v) is 2.38. The van der Waals surface area contributed by atoms with Crippen LogP contribution in [0.4, 0.5) is 4.39 Å². The first-order valence-electron chi connectivity index (χ1n) is 7.12. The molecule has 0 aliphatic rings. The number of hydrogen-bond acceptors (Lipinski definition) is 1. The lowest BCUT2D eigenvalue weighted by molar-refractivity contribution is 0.554. The molecule has 1 atom stereocenters. The number of hydrogen-bond donors (Lipinski definition) is 1. The van der Waals surface area contributed by atoms with Crippen LogP contribution < -0.4 is 5.32 Å². The molecule has 1 nitrogen and oxygen atoms in total. The first-order valence-corrected chi connectivity index (χ1v) is 7.12. The van der Waals surface area contributed by atoms with Gasteiger partial charge in [-0.1, -0.05) is 56.3 Å². The van der Waals surface area contributed by atoms with Crippen LogP contribution in [0.1, 0.15) is 42.5 Å². The fourth-order valence-electron chi connectivity index (χ4n) is 2.38. The molecule has 0 heterocycles. The van der Waals surface area contributed by atoms with E-state index >= 15 is 0 Å². The number of benzene rings is 2. The molecule has 20 heavy (non-hydrogen) atoms. The summed E-state index contributed by atoms with van der Waals surface area (Å²) in [5, 5.41) is 3.28. The molecule has 0 aromatic heterocycles. The molecule has 2 aromatic carbocycles. The molecular formula is C18H22FN. The largest absolute Gasteiger partial charge is 0.313 e. The monoisotopic (exact) mass is 271 g/mol. The van der Waals surface area contributed by atoms with Gasteiger partial charge in [0, 0.05) is 6.04 Å². The summed E-state index contributed by atoms with van der Waals surface area (Å²) >= 11 is 0. The molecule has 0 saturated carbocycles. The lowest BCUT2D eigenvalue weighted by Gasteiger charge is -2.18. The zero-order valence-corrected chi connectivity index (χ0v) is 12.4. The van der Waals surface area contributed by atoms with Crippen LogP contribution in [0.3, 0.4) is 0 Å². The van der Waals surface area contributed by atoms with Gasteiger partial charge in [-0.05, 0) is 42.1 Å². The Morgan fingerprint density at radius 2 is 1.55 bits per heavy atom. The van der Waals surface area contributed by atoms with Crippen molar-refractivity contribution in [2.75, 3.05) is 7.05 Å². The van der Waals surface area contributed by atoms with E-state index in [4.69, 9.17) is 0 Å². The minimum absolute atomic E-state index is 0.133. The highest BCUT2D eigenvalue weighted by atomic mass is 19.1. The summed E-state index contributed by atoms with van der Waals surface area (Å²) in [7, 11) is 1.92. The quantitative estimate of drug-likeness (QED) is 0.847. The van der Waals surface area contributed by atoms with Crippen molar-refractivity contribution in [1.82, 2.24) is 5.32 Å². The highest BCUT2D eigenvalue weighted by Crippen LogP contribution is 2.22. The van der Waals surface area contributed by atoms with Gasteiger partial charge in [-0.2, -0.15) is 0 Å². The smallest absolute Gasteiger partial charge is 0.126 e. The van der Waals surface area contributed by atoms with Crippen molar-refractivity contribution in [3.8, 4) is 0 Å². The highest BCUT2D eigenvalue weighted by Gasteiger charge is 2.12. The maximum absolute atomic E-state index is 13.7. The number of likely N-dealkylation sites (N-methyl/N-ethyl adjacent to an activating group) is 1. The molecule has 0 aliphatic carbocycles. The maximum atomic E-state index is 13.7. The molecular weight excluding hydrogens is 249 g/mol. The van der Waals surface area contributed by atoms with E-state index in [1.54, 1.807) is 6.07 Å². The van der Waals surface area contributed by atoms with Crippen LogP contribution >= 0.6 is 0 Å². The van der Waals surface area contributed by atoms with Gasteiger partial charge in [0.15, 0.2) is 0 Å². The van der Waals surface area contributed by atoms with Crippen molar-refractivity contribution in [1.29, 1.82) is 0 Å². The van der Waals surface area contributed by atoms with Gasteiger partial charge in [0.2, 0.25) is 0 Å². The standard InChI is InChI=1S/C18H22FN/c1-13(2)14-8-10-15(11-9-14)18(20-3)12-16-6-4-5-7-17(16)19/h4-11,13,18,20H,12H2,1-3H3. The van der Waals surface area contributed by atoms with Crippen molar-refractivity contribution in [2.45, 2.75) is 32.2 Å². The minimum atomic E-state index is -0.133. The topological polar surface area (TPSA) is 12.0 Å². The summed E-state index contributed by atoms with van der Waals surface area (Å²) < 4.78 is 13.7. The van der Waals surface area contributed by atoms with Gasteiger partial charge in [0.25, 0.3) is 0 Å². The third-order valence-electron chi connectivity index (χ3n) is 3.74. The lowest BCUT2D eigenvalue weighted by Crippen LogP contribution is -2.19. The first kappa shape index (κ1) is 14.7. The maximum Gasteiger partial charge on any atom is 0.126 e. The van der Waals surface area contributed by atoms with Gasteiger partial charge in [-0.15, -0.1) is 0 Å². The van der Waals surface area contributed by atoms with Crippen LogP contribution in [-0.4, -0.2) is 7.05 Å². The predicted molar refractivity (Wildman–Crippen MR) is 82.4 cm³/mol. The molecule has 0 bridgehead atoms. The van der Waals surface area contributed by atoms with E-state index in [9.17, 15) is 4.39 Å². The molecule has 1 N–H and O–H groups in total. The molecule has 0 fully saturated rings. The summed E-state index contributed by atoms with van der Waals surface area (Å²) in [5.41, 5.74) is 3.27. The van der Waals surface area contributed by atoms with Gasteiger partial charge in [0.1, 0.15) is 5.82 Å². The zero-order chi connectivity index (χ0) is 14.5. The summed E-state index contributed by atoms with van der Waals surface area (Å²) in [4.78, 5) is 0. The average Bonchev–Trinajstić information content (AvgIpc) is 2.46. The van der Waals surface area contributed by atoms with E-state index in [0.29, 0.717) is 12.3 Å². The normalized spacial score (nSPS) is 12.7. The molecule has 2 heteroatoms. The Hall–Kier alpha value is -1.67. The summed E-state index contributed by atoms with van der Waals surface area (Å²) in [6.45, 7) is 4.37. The first-order chi connectivity index (χ1) is 9.61. The number of nitrogens with one attached hydrogen (secondary N) is 1. The van der Waals surface area contributed by atoms with Crippen LogP contribution in [0.2, 0.25) is 0 Å². The van der Waals surface area contributed by atoms with Crippen LogP contribution in [0, 0.1) is 5.82 Å². The van der Waals surface area contributed by atoms with Crippen molar-refractivity contribution < 1.29 is 4.39 Å². The van der Waals surface area contributed by atoms with E-state index in [0.717, 1.165) is 5.56 Å². The van der Waals surface area contributed by atoms with Crippen molar-refractivity contribution in [3.63, 3.8) is 0 Å². The Morgan fingerprint density at radius 1 is 0.950 bits per heavy atom. The van der Waals surface area contributed by atoms with Crippen LogP contribution in [-0.2, 0) is 6.42 Å². The second kappa shape index (κ2) is 6.67. The second-order valence-electron chi connectivity index (χ2n) is 5.46. The Balaban J connectivity index is 2.18.